The van der Waals surface area contributed by atoms with E-state index in [4.69, 9.17) is 11.6 Å². The molecule has 1 saturated carbocycles. The molecular formula is C24H29ClFN3O4S. The summed E-state index contributed by atoms with van der Waals surface area (Å²) in [6.45, 7) is 0.784. The summed E-state index contributed by atoms with van der Waals surface area (Å²) < 4.78 is 40.4. The molecule has 1 atom stereocenters. The van der Waals surface area contributed by atoms with E-state index in [1.807, 2.05) is 0 Å². The zero-order valence-corrected chi connectivity index (χ0v) is 20.8. The minimum atomic E-state index is -3.89. The van der Waals surface area contributed by atoms with Crippen LogP contribution < -0.4 is 9.62 Å². The van der Waals surface area contributed by atoms with Gasteiger partial charge in [0.05, 0.1) is 17.0 Å². The molecule has 2 amide bonds. The maximum Gasteiger partial charge on any atom is 0.244 e. The molecule has 2 aromatic carbocycles. The molecule has 34 heavy (non-hydrogen) atoms. The lowest BCUT2D eigenvalue weighted by molar-refractivity contribution is -0.139. The van der Waals surface area contributed by atoms with Crippen LogP contribution in [-0.2, 0) is 26.2 Å². The van der Waals surface area contributed by atoms with Gasteiger partial charge in [-0.3, -0.25) is 13.9 Å². The highest BCUT2D eigenvalue weighted by Crippen LogP contribution is 2.27. The molecule has 0 radical (unpaired) electrons. The first kappa shape index (κ1) is 26.0. The highest BCUT2D eigenvalue weighted by molar-refractivity contribution is 7.92. The molecule has 1 fully saturated rings. The summed E-state index contributed by atoms with van der Waals surface area (Å²) in [5.74, 6) is -1.53. The summed E-state index contributed by atoms with van der Waals surface area (Å²) >= 11 is 6.20. The predicted molar refractivity (Wildman–Crippen MR) is 130 cm³/mol. The second-order valence-electron chi connectivity index (χ2n) is 8.50. The Hall–Kier alpha value is -2.65. The van der Waals surface area contributed by atoms with Gasteiger partial charge in [0, 0.05) is 18.2 Å². The van der Waals surface area contributed by atoms with Crippen molar-refractivity contribution in [3.63, 3.8) is 0 Å². The molecular weight excluding hydrogens is 481 g/mol. The van der Waals surface area contributed by atoms with E-state index in [1.54, 1.807) is 25.1 Å². The number of nitrogens with one attached hydrogen (secondary N) is 1. The third-order valence-corrected chi connectivity index (χ3v) is 7.41. The Balaban J connectivity index is 1.90. The number of benzene rings is 2. The van der Waals surface area contributed by atoms with E-state index in [0.717, 1.165) is 36.2 Å². The lowest BCUT2D eigenvalue weighted by atomic mass is 10.1. The van der Waals surface area contributed by atoms with Crippen LogP contribution in [0.5, 0.6) is 0 Å². The van der Waals surface area contributed by atoms with Gasteiger partial charge in [-0.05, 0) is 38.0 Å². The van der Waals surface area contributed by atoms with Crippen LogP contribution >= 0.6 is 11.6 Å². The zero-order chi connectivity index (χ0) is 24.9. The van der Waals surface area contributed by atoms with Gasteiger partial charge in [0.25, 0.3) is 0 Å². The van der Waals surface area contributed by atoms with Crippen LogP contribution in [0.4, 0.5) is 10.1 Å². The number of carbonyl (C=O) groups is 2. The number of hydrogen-bond acceptors (Lipinski definition) is 4. The van der Waals surface area contributed by atoms with Crippen molar-refractivity contribution >= 4 is 39.1 Å². The summed E-state index contributed by atoms with van der Waals surface area (Å²) in [6.07, 6.45) is 4.76. The second kappa shape index (κ2) is 11.2. The Morgan fingerprint density at radius 2 is 1.74 bits per heavy atom. The maximum absolute atomic E-state index is 14.4. The van der Waals surface area contributed by atoms with Crippen LogP contribution in [0.15, 0.2) is 48.5 Å². The van der Waals surface area contributed by atoms with Crippen LogP contribution in [-0.4, -0.2) is 50.0 Å². The van der Waals surface area contributed by atoms with Gasteiger partial charge in [-0.15, -0.1) is 0 Å². The molecule has 0 aromatic heterocycles. The Morgan fingerprint density at radius 1 is 1.12 bits per heavy atom. The lowest BCUT2D eigenvalue weighted by Gasteiger charge is -2.32. The molecule has 1 N–H and O–H groups in total. The van der Waals surface area contributed by atoms with Gasteiger partial charge in [0.2, 0.25) is 21.8 Å². The zero-order valence-electron chi connectivity index (χ0n) is 19.2. The highest BCUT2D eigenvalue weighted by atomic mass is 35.5. The lowest BCUT2D eigenvalue weighted by Crippen LogP contribution is -2.52. The van der Waals surface area contributed by atoms with Gasteiger partial charge in [-0.2, -0.15) is 0 Å². The summed E-state index contributed by atoms with van der Waals surface area (Å²) in [5.41, 5.74) is 0.369. The molecule has 10 heteroatoms. The maximum atomic E-state index is 14.4. The van der Waals surface area contributed by atoms with Crippen molar-refractivity contribution in [1.29, 1.82) is 0 Å². The minimum Gasteiger partial charge on any atom is -0.352 e. The minimum absolute atomic E-state index is 0.0380. The molecule has 184 valence electrons. The molecule has 0 unspecified atom stereocenters. The average molecular weight is 510 g/mol. The Labute approximate surface area is 204 Å². The van der Waals surface area contributed by atoms with Crippen molar-refractivity contribution in [2.45, 2.75) is 51.2 Å². The molecule has 0 bridgehead atoms. The fourth-order valence-corrected chi connectivity index (χ4v) is 5.18. The van der Waals surface area contributed by atoms with Crippen molar-refractivity contribution in [2.75, 3.05) is 17.1 Å². The van der Waals surface area contributed by atoms with Gasteiger partial charge in [0.1, 0.15) is 18.4 Å². The number of sulfonamides is 1. The third-order valence-electron chi connectivity index (χ3n) is 5.97. The van der Waals surface area contributed by atoms with E-state index in [9.17, 15) is 22.4 Å². The van der Waals surface area contributed by atoms with Gasteiger partial charge in [-0.1, -0.05) is 54.8 Å². The van der Waals surface area contributed by atoms with Gasteiger partial charge in [0.15, 0.2) is 0 Å². The van der Waals surface area contributed by atoms with E-state index < -0.39 is 34.3 Å². The van der Waals surface area contributed by atoms with Gasteiger partial charge in [-0.25, -0.2) is 12.8 Å². The fourth-order valence-electron chi connectivity index (χ4n) is 4.03. The first-order valence-corrected chi connectivity index (χ1v) is 13.4. The van der Waals surface area contributed by atoms with Crippen LogP contribution in [0.2, 0.25) is 5.02 Å². The predicted octanol–water partition coefficient (Wildman–Crippen LogP) is 3.72. The topological polar surface area (TPSA) is 86.8 Å². The average Bonchev–Trinajstić information content (AvgIpc) is 3.29. The normalized spacial score (nSPS) is 15.1. The van der Waals surface area contributed by atoms with Crippen molar-refractivity contribution in [1.82, 2.24) is 10.2 Å². The van der Waals surface area contributed by atoms with Crippen molar-refractivity contribution in [3.05, 3.63) is 64.9 Å². The molecule has 3 rings (SSSR count). The molecule has 7 nitrogen and oxygen atoms in total. The van der Waals surface area contributed by atoms with E-state index in [0.29, 0.717) is 0 Å². The smallest absolute Gasteiger partial charge is 0.244 e. The number of nitrogens with zero attached hydrogens (tertiary/aromatic N) is 2. The van der Waals surface area contributed by atoms with Crippen LogP contribution in [0.25, 0.3) is 0 Å². The first-order chi connectivity index (χ1) is 16.1. The summed E-state index contributed by atoms with van der Waals surface area (Å²) in [7, 11) is -3.89. The number of carbonyl (C=O) groups excluding carboxylic acids is 2. The Kier molecular flexibility index (Phi) is 8.54. The van der Waals surface area contributed by atoms with Gasteiger partial charge >= 0.3 is 0 Å². The molecule has 0 saturated heterocycles. The number of para-hydroxylation sites is 1. The number of hydrogen-bond donors (Lipinski definition) is 1. The van der Waals surface area contributed by atoms with Gasteiger partial charge < -0.3 is 10.2 Å². The SMILES string of the molecule is C[C@@H](C(=O)NC1CCCC1)N(Cc1ccccc1F)C(=O)CN(c1ccccc1Cl)S(C)(=O)=O. The van der Waals surface area contributed by atoms with E-state index in [2.05, 4.69) is 5.32 Å². The molecule has 2 aromatic rings. The van der Waals surface area contributed by atoms with E-state index in [1.165, 1.54) is 35.2 Å². The number of rotatable bonds is 9. The molecule has 1 aliphatic rings. The molecule has 0 aliphatic heterocycles. The molecule has 0 spiro atoms. The van der Waals surface area contributed by atoms with E-state index in [-0.39, 0.29) is 34.8 Å². The summed E-state index contributed by atoms with van der Waals surface area (Å²) in [5, 5.41) is 3.12. The first-order valence-electron chi connectivity index (χ1n) is 11.1. The Bertz CT molecular complexity index is 1140. The number of halogens is 2. The van der Waals surface area contributed by atoms with Crippen molar-refractivity contribution < 1.29 is 22.4 Å². The number of anilines is 1. The highest BCUT2D eigenvalue weighted by Gasteiger charge is 2.32. The molecule has 0 heterocycles. The van der Waals surface area contributed by atoms with Crippen molar-refractivity contribution in [2.24, 2.45) is 0 Å². The van der Waals surface area contributed by atoms with E-state index >= 15 is 0 Å². The Morgan fingerprint density at radius 3 is 2.35 bits per heavy atom. The third kappa shape index (κ3) is 6.48. The largest absolute Gasteiger partial charge is 0.352 e. The van der Waals surface area contributed by atoms with Crippen LogP contribution in [0, 0.1) is 5.82 Å². The standard InChI is InChI=1S/C24H29ClFN3O4S/c1-17(24(31)27-19-10-4-5-11-19)28(15-18-9-3-7-13-21(18)26)23(30)16-29(34(2,32)33)22-14-8-6-12-20(22)25/h3,6-9,12-14,17,19H,4-5,10-11,15-16H2,1-2H3,(H,27,31)/t17-/m0/s1. The molecule has 1 aliphatic carbocycles. The van der Waals surface area contributed by atoms with Crippen LogP contribution in [0.3, 0.4) is 0 Å². The monoisotopic (exact) mass is 509 g/mol. The second-order valence-corrected chi connectivity index (χ2v) is 10.8. The fraction of sp³-hybridized carbons (Fsp3) is 0.417. The van der Waals surface area contributed by atoms with Crippen LogP contribution in [0.1, 0.15) is 38.2 Å². The number of amides is 2. The van der Waals surface area contributed by atoms with Crippen molar-refractivity contribution in [3.8, 4) is 0 Å². The summed E-state index contributed by atoms with van der Waals surface area (Å²) in [4.78, 5) is 27.6. The quantitative estimate of drug-likeness (QED) is 0.558. The summed E-state index contributed by atoms with van der Waals surface area (Å²) in [6, 6.07) is 11.3.